The Bertz CT molecular complexity index is 827. The Kier molecular flexibility index (Phi) is 5.18. The molecule has 0 aromatic heterocycles. The maximum atomic E-state index is 13.2. The number of carbonyl (C=O) groups is 3. The summed E-state index contributed by atoms with van der Waals surface area (Å²) in [6.45, 7) is 4.47. The van der Waals surface area contributed by atoms with Crippen molar-refractivity contribution in [2.45, 2.75) is 63.1 Å². The molecule has 2 aliphatic carbocycles. The largest absolute Gasteiger partial charge is 0.457 e. The van der Waals surface area contributed by atoms with E-state index >= 15 is 0 Å². The predicted molar refractivity (Wildman–Crippen MR) is 90.0 cm³/mol. The van der Waals surface area contributed by atoms with Gasteiger partial charge in [-0.1, -0.05) is 0 Å². The van der Waals surface area contributed by atoms with Gasteiger partial charge in [0.1, 0.15) is 23.1 Å². The molecule has 0 radical (unpaired) electrons. The second-order valence-corrected chi connectivity index (χ2v) is 10.3. The molecule has 2 saturated carbocycles. The number of halogens is 2. The highest BCUT2D eigenvalue weighted by Gasteiger charge is 2.72. The fourth-order valence-electron chi connectivity index (χ4n) is 4.28. The monoisotopic (exact) mass is 440 g/mol. The van der Waals surface area contributed by atoms with Crippen molar-refractivity contribution in [3.8, 4) is 0 Å². The van der Waals surface area contributed by atoms with Crippen LogP contribution in [0, 0.1) is 17.8 Å². The summed E-state index contributed by atoms with van der Waals surface area (Å²) in [4.78, 5) is 35.9. The SMILES string of the molecule is CC(C)(C)OC(=O)COC(=O)C1C2CC3C(OS(=O)(=O)C31)C2OC(=O)C(C)(F)F. The topological polar surface area (TPSA) is 122 Å². The Labute approximate surface area is 166 Å². The van der Waals surface area contributed by atoms with Gasteiger partial charge in [0.2, 0.25) is 0 Å². The molecule has 29 heavy (non-hydrogen) atoms. The summed E-state index contributed by atoms with van der Waals surface area (Å²) in [6, 6.07) is 0. The molecule has 0 amide bonds. The molecule has 1 heterocycles. The second kappa shape index (κ2) is 6.86. The van der Waals surface area contributed by atoms with Crippen LogP contribution >= 0.6 is 0 Å². The number of ether oxygens (including phenoxy) is 3. The fourth-order valence-corrected chi connectivity index (χ4v) is 6.33. The number of esters is 3. The summed E-state index contributed by atoms with van der Waals surface area (Å²) in [6.07, 6.45) is -2.31. The molecule has 0 N–H and O–H groups in total. The summed E-state index contributed by atoms with van der Waals surface area (Å²) in [5, 5.41) is -1.24. The highest BCUT2D eigenvalue weighted by atomic mass is 32.2. The minimum Gasteiger partial charge on any atom is -0.457 e. The molecule has 12 heteroatoms. The van der Waals surface area contributed by atoms with Crippen LogP contribution in [-0.2, 0) is 42.9 Å². The summed E-state index contributed by atoms with van der Waals surface area (Å²) < 4.78 is 70.9. The maximum Gasteiger partial charge on any atom is 0.377 e. The van der Waals surface area contributed by atoms with Gasteiger partial charge in [-0.3, -0.25) is 8.98 Å². The van der Waals surface area contributed by atoms with Gasteiger partial charge in [-0.15, -0.1) is 0 Å². The summed E-state index contributed by atoms with van der Waals surface area (Å²) >= 11 is 0. The first kappa shape index (κ1) is 21.9. The summed E-state index contributed by atoms with van der Waals surface area (Å²) in [5.74, 6) is -10.3. The quantitative estimate of drug-likeness (QED) is 0.347. The Hall–Kier alpha value is -1.82. The third-order valence-corrected chi connectivity index (χ3v) is 6.95. The van der Waals surface area contributed by atoms with E-state index in [1.165, 1.54) is 0 Å². The molecule has 1 aliphatic heterocycles. The number of alkyl halides is 2. The molecule has 0 spiro atoms. The Morgan fingerprint density at radius 1 is 1.10 bits per heavy atom. The minimum atomic E-state index is -4.19. The van der Waals surface area contributed by atoms with E-state index in [4.69, 9.17) is 18.4 Å². The first-order valence-corrected chi connectivity index (χ1v) is 10.5. The zero-order valence-electron chi connectivity index (χ0n) is 16.2. The third-order valence-electron chi connectivity index (χ3n) is 5.15. The van der Waals surface area contributed by atoms with E-state index in [9.17, 15) is 31.6 Å². The molecule has 6 atom stereocenters. The van der Waals surface area contributed by atoms with Crippen LogP contribution in [-0.4, -0.2) is 61.9 Å². The highest BCUT2D eigenvalue weighted by molar-refractivity contribution is 7.87. The van der Waals surface area contributed by atoms with E-state index in [2.05, 4.69) is 0 Å². The van der Waals surface area contributed by atoms with Gasteiger partial charge in [0, 0.05) is 18.8 Å². The average Bonchev–Trinajstić information content (AvgIpc) is 3.12. The van der Waals surface area contributed by atoms with Gasteiger partial charge in [-0.25, -0.2) is 9.59 Å². The minimum absolute atomic E-state index is 0.133. The third kappa shape index (κ3) is 4.09. The van der Waals surface area contributed by atoms with Crippen LogP contribution in [0.3, 0.4) is 0 Å². The number of carbonyl (C=O) groups excluding carboxylic acids is 3. The van der Waals surface area contributed by atoms with Gasteiger partial charge in [0.15, 0.2) is 6.61 Å². The van der Waals surface area contributed by atoms with Crippen molar-refractivity contribution in [3.63, 3.8) is 0 Å². The van der Waals surface area contributed by atoms with Crippen LogP contribution in [0.15, 0.2) is 0 Å². The van der Waals surface area contributed by atoms with E-state index in [1.807, 2.05) is 0 Å². The first-order valence-electron chi connectivity index (χ1n) is 9.01. The van der Waals surface area contributed by atoms with Crippen molar-refractivity contribution in [2.75, 3.05) is 6.61 Å². The molecule has 9 nitrogen and oxygen atoms in total. The molecule has 2 bridgehead atoms. The van der Waals surface area contributed by atoms with Crippen LogP contribution in [0.4, 0.5) is 8.78 Å². The maximum absolute atomic E-state index is 13.2. The first-order chi connectivity index (χ1) is 13.1. The normalized spacial score (nSPS) is 34.7. The summed E-state index contributed by atoms with van der Waals surface area (Å²) in [7, 11) is -4.19. The van der Waals surface area contributed by atoms with Crippen molar-refractivity contribution >= 4 is 28.0 Å². The second-order valence-electron chi connectivity index (χ2n) is 8.56. The standard InChI is InChI=1S/C17H22F2O9S/c1-16(2,3)27-9(20)6-25-14(21)10-7-5-8-12(28-29(23,24)13(8)10)11(7)26-15(22)17(4,18)19/h7-8,10-13H,5-6H2,1-4H3. The molecule has 3 aliphatic rings. The number of hydrogen-bond donors (Lipinski definition) is 0. The van der Waals surface area contributed by atoms with Gasteiger partial charge in [0.25, 0.3) is 10.1 Å². The zero-order valence-corrected chi connectivity index (χ0v) is 17.0. The molecule has 0 aromatic carbocycles. The van der Waals surface area contributed by atoms with Gasteiger partial charge in [-0.2, -0.15) is 17.2 Å². The van der Waals surface area contributed by atoms with E-state index in [1.54, 1.807) is 20.8 Å². The smallest absolute Gasteiger partial charge is 0.377 e. The van der Waals surface area contributed by atoms with Crippen LogP contribution in [0.2, 0.25) is 0 Å². The molecule has 1 saturated heterocycles. The van der Waals surface area contributed by atoms with Crippen molar-refractivity contribution < 1.29 is 50.0 Å². The van der Waals surface area contributed by atoms with Crippen molar-refractivity contribution in [2.24, 2.45) is 17.8 Å². The molecular formula is C17H22F2O9S. The van der Waals surface area contributed by atoms with E-state index in [0.717, 1.165) is 0 Å². The number of fused-ring (bicyclic) bond motifs is 1. The van der Waals surface area contributed by atoms with Gasteiger partial charge in [0.05, 0.1) is 5.92 Å². The number of hydrogen-bond acceptors (Lipinski definition) is 9. The number of rotatable bonds is 5. The lowest BCUT2D eigenvalue weighted by molar-refractivity contribution is -0.185. The molecular weight excluding hydrogens is 418 g/mol. The average molecular weight is 440 g/mol. The Morgan fingerprint density at radius 3 is 2.28 bits per heavy atom. The molecule has 3 rings (SSSR count). The Balaban J connectivity index is 1.75. The van der Waals surface area contributed by atoms with Gasteiger partial charge >= 0.3 is 23.8 Å². The molecule has 164 valence electrons. The van der Waals surface area contributed by atoms with Crippen molar-refractivity contribution in [3.05, 3.63) is 0 Å². The van der Waals surface area contributed by atoms with Crippen molar-refractivity contribution in [1.29, 1.82) is 0 Å². The van der Waals surface area contributed by atoms with Crippen LogP contribution < -0.4 is 0 Å². The Morgan fingerprint density at radius 2 is 1.72 bits per heavy atom. The molecule has 6 unspecified atom stereocenters. The predicted octanol–water partition coefficient (Wildman–Crippen LogP) is 0.801. The van der Waals surface area contributed by atoms with Gasteiger partial charge < -0.3 is 14.2 Å². The molecule has 0 aromatic rings. The fraction of sp³-hybridized carbons (Fsp3) is 0.824. The van der Waals surface area contributed by atoms with Crippen LogP contribution in [0.5, 0.6) is 0 Å². The highest BCUT2D eigenvalue weighted by Crippen LogP contribution is 2.58. The van der Waals surface area contributed by atoms with Gasteiger partial charge in [-0.05, 0) is 27.2 Å². The van der Waals surface area contributed by atoms with E-state index in [0.29, 0.717) is 6.92 Å². The van der Waals surface area contributed by atoms with Crippen molar-refractivity contribution in [1.82, 2.24) is 0 Å². The van der Waals surface area contributed by atoms with Crippen LogP contribution in [0.25, 0.3) is 0 Å². The van der Waals surface area contributed by atoms with Crippen LogP contribution in [0.1, 0.15) is 34.1 Å². The lowest BCUT2D eigenvalue weighted by Gasteiger charge is -2.30. The van der Waals surface area contributed by atoms with E-state index in [-0.39, 0.29) is 6.42 Å². The summed E-state index contributed by atoms with van der Waals surface area (Å²) in [5.41, 5.74) is -0.809. The lowest BCUT2D eigenvalue weighted by atomic mass is 9.84. The zero-order chi connectivity index (χ0) is 21.9. The lowest BCUT2D eigenvalue weighted by Crippen LogP contribution is -2.47. The van der Waals surface area contributed by atoms with E-state index < -0.39 is 81.4 Å². The molecule has 3 fully saturated rings.